The first kappa shape index (κ1) is 34.3. The van der Waals surface area contributed by atoms with Crippen LogP contribution in [0.15, 0.2) is 48.8 Å². The molecular formula is C33H40FN5O6Si. The SMILES string of the molecule is CCOc1cc(C(=O)N(C)Cc2cnc(C(=O)OC)c3cnn(COCC[Si](C)(C)C)c23)ccc1-c1ccc(F)c(C(=O)NC)c1. The Morgan fingerprint density at radius 2 is 1.85 bits per heavy atom. The number of benzene rings is 2. The van der Waals surface area contributed by atoms with Gasteiger partial charge in [0.1, 0.15) is 18.3 Å². The Bertz CT molecular complexity index is 1750. The molecule has 0 bridgehead atoms. The lowest BCUT2D eigenvalue weighted by Crippen LogP contribution is -2.27. The Morgan fingerprint density at radius 3 is 2.52 bits per heavy atom. The van der Waals surface area contributed by atoms with Crippen LogP contribution in [0.25, 0.3) is 22.0 Å². The molecule has 1 N–H and O–H groups in total. The third-order valence-corrected chi connectivity index (χ3v) is 9.07. The number of hydrogen-bond donors (Lipinski definition) is 1. The highest BCUT2D eigenvalue weighted by Gasteiger charge is 2.23. The summed E-state index contributed by atoms with van der Waals surface area (Å²) in [6.07, 6.45) is 3.10. The monoisotopic (exact) mass is 649 g/mol. The predicted octanol–water partition coefficient (Wildman–Crippen LogP) is 5.37. The Labute approximate surface area is 268 Å². The van der Waals surface area contributed by atoms with Gasteiger partial charge in [-0.25, -0.2) is 18.9 Å². The van der Waals surface area contributed by atoms with Crippen LogP contribution in [0.1, 0.15) is 43.7 Å². The van der Waals surface area contributed by atoms with Crippen LogP contribution in [0.3, 0.4) is 0 Å². The number of halogens is 1. The number of amides is 2. The van der Waals surface area contributed by atoms with Gasteiger partial charge in [-0.15, -0.1) is 0 Å². The summed E-state index contributed by atoms with van der Waals surface area (Å²) in [5.41, 5.74) is 2.85. The lowest BCUT2D eigenvalue weighted by Gasteiger charge is -2.20. The average Bonchev–Trinajstić information content (AvgIpc) is 3.46. The van der Waals surface area contributed by atoms with E-state index in [1.807, 2.05) is 6.92 Å². The Kier molecular flexibility index (Phi) is 10.9. The molecule has 4 rings (SSSR count). The number of pyridine rings is 1. The molecule has 2 heterocycles. The van der Waals surface area contributed by atoms with Crippen LogP contribution >= 0.6 is 0 Å². The Balaban J connectivity index is 1.64. The summed E-state index contributed by atoms with van der Waals surface area (Å²) in [6, 6.07) is 10.2. The van der Waals surface area contributed by atoms with Gasteiger partial charge in [0.25, 0.3) is 11.8 Å². The molecule has 0 unspecified atom stereocenters. The van der Waals surface area contributed by atoms with Crippen molar-refractivity contribution in [1.29, 1.82) is 0 Å². The van der Waals surface area contributed by atoms with E-state index in [9.17, 15) is 18.8 Å². The van der Waals surface area contributed by atoms with Gasteiger partial charge >= 0.3 is 5.97 Å². The van der Waals surface area contributed by atoms with E-state index < -0.39 is 25.8 Å². The average molecular weight is 650 g/mol. The van der Waals surface area contributed by atoms with Crippen molar-refractivity contribution in [1.82, 2.24) is 25.0 Å². The molecule has 4 aromatic rings. The van der Waals surface area contributed by atoms with E-state index in [1.165, 1.54) is 31.2 Å². The number of aromatic nitrogens is 3. The maximum Gasteiger partial charge on any atom is 0.357 e. The molecule has 2 aromatic carbocycles. The van der Waals surface area contributed by atoms with Crippen LogP contribution in [0, 0.1) is 5.82 Å². The van der Waals surface area contributed by atoms with Crippen LogP contribution in [0.4, 0.5) is 4.39 Å². The second-order valence-electron chi connectivity index (χ2n) is 12.0. The molecule has 2 amide bonds. The van der Waals surface area contributed by atoms with Crippen molar-refractivity contribution < 1.29 is 33.0 Å². The fourth-order valence-electron chi connectivity index (χ4n) is 4.89. The summed E-state index contributed by atoms with van der Waals surface area (Å²) in [5, 5.41) is 7.40. The molecule has 0 saturated heterocycles. The second kappa shape index (κ2) is 14.6. The van der Waals surface area contributed by atoms with Crippen LogP contribution < -0.4 is 10.1 Å². The molecule has 0 aliphatic rings. The van der Waals surface area contributed by atoms with Gasteiger partial charge in [0.15, 0.2) is 5.69 Å². The number of ether oxygens (including phenoxy) is 3. The fraction of sp³-hybridized carbons (Fsp3) is 0.364. The van der Waals surface area contributed by atoms with E-state index in [-0.39, 0.29) is 30.4 Å². The number of carbonyl (C=O) groups excluding carboxylic acids is 3. The van der Waals surface area contributed by atoms with Crippen LogP contribution in [0.2, 0.25) is 25.7 Å². The minimum atomic E-state index is -1.29. The van der Waals surface area contributed by atoms with E-state index >= 15 is 0 Å². The number of rotatable bonds is 13. The largest absolute Gasteiger partial charge is 0.493 e. The normalized spacial score (nSPS) is 11.4. The molecule has 0 atom stereocenters. The minimum Gasteiger partial charge on any atom is -0.493 e. The lowest BCUT2D eigenvalue weighted by molar-refractivity contribution is 0.0595. The molecule has 0 fully saturated rings. The van der Waals surface area contributed by atoms with E-state index in [4.69, 9.17) is 14.2 Å². The molecule has 244 valence electrons. The highest BCUT2D eigenvalue weighted by atomic mass is 28.3. The molecule has 0 radical (unpaired) electrons. The predicted molar refractivity (Wildman–Crippen MR) is 175 cm³/mol. The van der Waals surface area contributed by atoms with Gasteiger partial charge in [-0.1, -0.05) is 25.7 Å². The van der Waals surface area contributed by atoms with Crippen molar-refractivity contribution in [3.63, 3.8) is 0 Å². The van der Waals surface area contributed by atoms with Gasteiger partial charge in [-0.05, 0) is 48.9 Å². The zero-order chi connectivity index (χ0) is 33.6. The fourth-order valence-corrected chi connectivity index (χ4v) is 5.65. The molecule has 0 saturated carbocycles. The molecule has 13 heteroatoms. The smallest absolute Gasteiger partial charge is 0.357 e. The summed E-state index contributed by atoms with van der Waals surface area (Å²) in [5.74, 6) is -1.66. The van der Waals surface area contributed by atoms with Crippen molar-refractivity contribution in [2.75, 3.05) is 34.4 Å². The molecule has 2 aromatic heterocycles. The van der Waals surface area contributed by atoms with Crippen LogP contribution in [-0.2, 0) is 22.7 Å². The molecule has 0 aliphatic carbocycles. The maximum atomic E-state index is 14.3. The summed E-state index contributed by atoms with van der Waals surface area (Å²) in [4.78, 5) is 44.2. The summed E-state index contributed by atoms with van der Waals surface area (Å²) < 4.78 is 32.7. The number of hydrogen-bond acceptors (Lipinski definition) is 8. The first-order valence-corrected chi connectivity index (χ1v) is 18.6. The van der Waals surface area contributed by atoms with Crippen molar-refractivity contribution >= 4 is 36.8 Å². The first-order chi connectivity index (χ1) is 21.9. The number of carbonyl (C=O) groups is 3. The van der Waals surface area contributed by atoms with E-state index in [0.29, 0.717) is 52.1 Å². The highest BCUT2D eigenvalue weighted by Crippen LogP contribution is 2.33. The van der Waals surface area contributed by atoms with Gasteiger partial charge in [0.05, 0.1) is 36.4 Å². The minimum absolute atomic E-state index is 0.0961. The van der Waals surface area contributed by atoms with Crippen molar-refractivity contribution in [2.24, 2.45) is 0 Å². The number of nitrogens with zero attached hydrogens (tertiary/aromatic N) is 4. The molecule has 0 aliphatic heterocycles. The number of methoxy groups -OCH3 is 1. The van der Waals surface area contributed by atoms with Crippen LogP contribution in [0.5, 0.6) is 5.75 Å². The van der Waals surface area contributed by atoms with Crippen molar-refractivity contribution in [3.8, 4) is 16.9 Å². The van der Waals surface area contributed by atoms with Crippen LogP contribution in [-0.4, -0.2) is 79.9 Å². The number of esters is 1. The zero-order valence-electron chi connectivity index (χ0n) is 27.3. The summed E-state index contributed by atoms with van der Waals surface area (Å²) in [7, 11) is 3.09. The molecule has 0 spiro atoms. The number of nitrogens with one attached hydrogen (secondary N) is 1. The van der Waals surface area contributed by atoms with Gasteiger partial charge in [0, 0.05) is 58.2 Å². The third-order valence-electron chi connectivity index (χ3n) is 7.37. The molecule has 11 nitrogen and oxygen atoms in total. The highest BCUT2D eigenvalue weighted by molar-refractivity contribution is 6.76. The number of fused-ring (bicyclic) bond motifs is 1. The maximum absolute atomic E-state index is 14.3. The quantitative estimate of drug-likeness (QED) is 0.117. The van der Waals surface area contributed by atoms with Gasteiger partial charge < -0.3 is 24.4 Å². The standard InChI is InChI=1S/C33H40FN5O6Si/c1-8-45-28-16-22(9-11-24(28)21-10-12-27(34)25(15-21)31(40)35-2)32(41)38(3)19-23-17-36-29(33(42)43-4)26-18-37-39(30(23)26)20-44-13-14-46(5,6)7/h9-12,15-18H,8,13-14,19-20H2,1-7H3,(H,35,40). The first-order valence-electron chi connectivity index (χ1n) is 14.9. The van der Waals surface area contributed by atoms with Gasteiger partial charge in [-0.3, -0.25) is 9.59 Å². The zero-order valence-corrected chi connectivity index (χ0v) is 28.3. The Hall–Kier alpha value is -4.62. The van der Waals surface area contributed by atoms with Crippen molar-refractivity contribution in [2.45, 2.75) is 45.9 Å². The summed E-state index contributed by atoms with van der Waals surface area (Å²) >= 11 is 0. The van der Waals surface area contributed by atoms with Gasteiger partial charge in [-0.2, -0.15) is 5.10 Å². The van der Waals surface area contributed by atoms with Crippen molar-refractivity contribution in [3.05, 3.63) is 77.0 Å². The molecular weight excluding hydrogens is 609 g/mol. The summed E-state index contributed by atoms with van der Waals surface area (Å²) in [6.45, 7) is 9.88. The van der Waals surface area contributed by atoms with E-state index in [2.05, 4.69) is 35.0 Å². The lowest BCUT2D eigenvalue weighted by atomic mass is 9.99. The Morgan fingerprint density at radius 1 is 1.09 bits per heavy atom. The van der Waals surface area contributed by atoms with E-state index in [1.54, 1.807) is 48.4 Å². The second-order valence-corrected chi connectivity index (χ2v) is 17.6. The molecule has 46 heavy (non-hydrogen) atoms. The third kappa shape index (κ3) is 7.77. The topological polar surface area (TPSA) is 125 Å². The van der Waals surface area contributed by atoms with E-state index in [0.717, 1.165) is 6.04 Å². The van der Waals surface area contributed by atoms with Gasteiger partial charge in [0.2, 0.25) is 0 Å².